The summed E-state index contributed by atoms with van der Waals surface area (Å²) in [5.41, 5.74) is 12.1. The summed E-state index contributed by atoms with van der Waals surface area (Å²) in [7, 11) is 2.15. The van der Waals surface area contributed by atoms with Crippen LogP contribution in [0.25, 0.3) is 10.8 Å². The summed E-state index contributed by atoms with van der Waals surface area (Å²) in [6, 6.07) is 13.1. The first-order valence-electron chi connectivity index (χ1n) is 7.66. The Morgan fingerprint density at radius 2 is 1.72 bits per heavy atom. The van der Waals surface area contributed by atoms with E-state index >= 15 is 0 Å². The first kappa shape index (κ1) is 21.5. The molecule has 2 nitrogen and oxygen atoms in total. The van der Waals surface area contributed by atoms with E-state index in [0.29, 0.717) is 0 Å². The van der Waals surface area contributed by atoms with Crippen molar-refractivity contribution >= 4 is 22.2 Å². The summed E-state index contributed by atoms with van der Waals surface area (Å²) >= 11 is 0. The number of nitrogens with zero attached hydrogens (tertiary/aromatic N) is 1. The van der Waals surface area contributed by atoms with E-state index in [1.807, 2.05) is 6.08 Å². The molecule has 2 aromatic rings. The van der Waals surface area contributed by atoms with Crippen LogP contribution in [0, 0.1) is 0 Å². The predicted octanol–water partition coefficient (Wildman–Crippen LogP) is 5.11. The largest absolute Gasteiger partial charge is 0.402 e. The average Bonchev–Trinajstić information content (AvgIpc) is 3.09. The summed E-state index contributed by atoms with van der Waals surface area (Å²) < 4.78 is 2.30. The fraction of sp³-hybridized carbons (Fsp3) is 0.227. The van der Waals surface area contributed by atoms with Gasteiger partial charge in [-0.1, -0.05) is 51.3 Å². The molecule has 1 aliphatic heterocycles. The Bertz CT molecular complexity index is 901. The van der Waals surface area contributed by atoms with E-state index in [9.17, 15) is 0 Å². The average molecular weight is 408 g/mol. The van der Waals surface area contributed by atoms with Crippen molar-refractivity contribution in [2.24, 2.45) is 5.73 Å². The van der Waals surface area contributed by atoms with Crippen LogP contribution in [0.3, 0.4) is 0 Å². The van der Waals surface area contributed by atoms with Crippen molar-refractivity contribution in [3.05, 3.63) is 77.5 Å². The Morgan fingerprint density at radius 3 is 2.44 bits per heavy atom. The van der Waals surface area contributed by atoms with Crippen molar-refractivity contribution in [2.75, 3.05) is 7.05 Å². The number of fused-ring (bicyclic) bond motifs is 3. The molecule has 0 saturated carbocycles. The van der Waals surface area contributed by atoms with E-state index in [4.69, 9.17) is 5.73 Å². The van der Waals surface area contributed by atoms with Crippen molar-refractivity contribution in [2.45, 2.75) is 27.7 Å². The molecule has 2 aliphatic rings. The smallest absolute Gasteiger partial charge is 0.209 e. The molecule has 127 valence electrons. The summed E-state index contributed by atoms with van der Waals surface area (Å²) in [5, 5.41) is 2.68. The maximum atomic E-state index is 5.83. The van der Waals surface area contributed by atoms with Crippen LogP contribution < -0.4 is 5.73 Å². The van der Waals surface area contributed by atoms with E-state index in [1.54, 1.807) is 0 Å². The molecule has 0 amide bonds. The zero-order chi connectivity index (χ0) is 15.1. The molecule has 2 aromatic carbocycles. The maximum absolute atomic E-state index is 5.83. The normalized spacial score (nSPS) is 15.2. The standard InChI is InChI=1S/C20H18N2.2CH4.Y/c1-22-17(10-7-14-6-9-16(21)12-14)13-19-18-5-3-2-4-15(18)8-11-20(19)22;;;/h2-11,21H,12-13H2,1H3;2*1H4;/p+1. The van der Waals surface area contributed by atoms with Gasteiger partial charge in [0.1, 0.15) is 7.05 Å². The molecule has 1 heterocycles. The van der Waals surface area contributed by atoms with E-state index < -0.39 is 0 Å². The van der Waals surface area contributed by atoms with Gasteiger partial charge in [0, 0.05) is 62.5 Å². The summed E-state index contributed by atoms with van der Waals surface area (Å²) in [5.74, 6) is 0. The van der Waals surface area contributed by atoms with Gasteiger partial charge in [0.2, 0.25) is 5.69 Å². The van der Waals surface area contributed by atoms with Crippen LogP contribution in [-0.4, -0.2) is 17.3 Å². The third-order valence-electron chi connectivity index (χ3n) is 4.58. The van der Waals surface area contributed by atoms with Crippen molar-refractivity contribution < 1.29 is 37.3 Å². The third-order valence-corrected chi connectivity index (χ3v) is 4.58. The van der Waals surface area contributed by atoms with E-state index in [2.05, 4.69) is 66.2 Å². The van der Waals surface area contributed by atoms with Crippen LogP contribution in [0.5, 0.6) is 0 Å². The Hall–Kier alpha value is -1.51. The summed E-state index contributed by atoms with van der Waals surface area (Å²) in [6.45, 7) is 0. The Balaban J connectivity index is 0.00000104. The minimum Gasteiger partial charge on any atom is -0.402 e. The molecule has 25 heavy (non-hydrogen) atoms. The number of rotatable bonds is 2. The molecule has 1 radical (unpaired) electrons. The summed E-state index contributed by atoms with van der Waals surface area (Å²) in [6.07, 6.45) is 10.4. The minimum atomic E-state index is 0. The Labute approximate surface area is 176 Å². The second kappa shape index (κ2) is 8.73. The second-order valence-corrected chi connectivity index (χ2v) is 6.00. The molecule has 1 aliphatic carbocycles. The van der Waals surface area contributed by atoms with Gasteiger partial charge in [0.05, 0.1) is 6.42 Å². The van der Waals surface area contributed by atoms with Gasteiger partial charge in [-0.05, 0) is 28.5 Å². The van der Waals surface area contributed by atoms with Crippen LogP contribution in [0.2, 0.25) is 0 Å². The Morgan fingerprint density at radius 1 is 0.960 bits per heavy atom. The quantitative estimate of drug-likeness (QED) is 0.688. The fourth-order valence-electron chi connectivity index (χ4n) is 3.33. The van der Waals surface area contributed by atoms with Crippen molar-refractivity contribution in [1.29, 1.82) is 0 Å². The van der Waals surface area contributed by atoms with Crippen molar-refractivity contribution in [3.8, 4) is 0 Å². The molecule has 2 N–H and O–H groups in total. The molecular weight excluding hydrogens is 381 g/mol. The molecule has 0 fully saturated rings. The number of hydrogen-bond donors (Lipinski definition) is 1. The van der Waals surface area contributed by atoms with Gasteiger partial charge in [-0.25, -0.2) is 0 Å². The van der Waals surface area contributed by atoms with E-state index in [1.165, 1.54) is 33.3 Å². The maximum Gasteiger partial charge on any atom is 0.209 e. The van der Waals surface area contributed by atoms with E-state index in [-0.39, 0.29) is 47.6 Å². The molecule has 0 atom stereocenters. The molecule has 0 bridgehead atoms. The fourth-order valence-corrected chi connectivity index (χ4v) is 3.33. The third kappa shape index (κ3) is 4.02. The van der Waals surface area contributed by atoms with Gasteiger partial charge in [-0.3, -0.25) is 0 Å². The van der Waals surface area contributed by atoms with Crippen LogP contribution >= 0.6 is 0 Å². The molecule has 0 unspecified atom stereocenters. The van der Waals surface area contributed by atoms with Crippen molar-refractivity contribution in [1.82, 2.24) is 0 Å². The zero-order valence-corrected chi connectivity index (χ0v) is 16.1. The van der Waals surface area contributed by atoms with Crippen LogP contribution in [-0.2, 0) is 39.1 Å². The zero-order valence-electron chi connectivity index (χ0n) is 13.3. The van der Waals surface area contributed by atoms with Gasteiger partial charge in [0.15, 0.2) is 5.71 Å². The number of allylic oxidation sites excluding steroid dienone is 5. The first-order chi connectivity index (χ1) is 10.7. The van der Waals surface area contributed by atoms with Crippen LogP contribution in [0.15, 0.2) is 72.0 Å². The summed E-state index contributed by atoms with van der Waals surface area (Å²) in [4.78, 5) is 0. The molecule has 4 rings (SSSR count). The molecule has 3 heteroatoms. The van der Waals surface area contributed by atoms with E-state index in [0.717, 1.165) is 18.5 Å². The van der Waals surface area contributed by atoms with Gasteiger partial charge >= 0.3 is 0 Å². The predicted molar refractivity (Wildman–Crippen MR) is 106 cm³/mol. The number of hydrogen-bond acceptors (Lipinski definition) is 1. The first-order valence-corrected chi connectivity index (χ1v) is 7.66. The second-order valence-electron chi connectivity index (χ2n) is 6.00. The van der Waals surface area contributed by atoms with Gasteiger partial charge in [0.25, 0.3) is 0 Å². The molecule has 0 spiro atoms. The topological polar surface area (TPSA) is 29.0 Å². The number of benzene rings is 2. The van der Waals surface area contributed by atoms with Crippen molar-refractivity contribution in [3.63, 3.8) is 0 Å². The Kier molecular flexibility index (Phi) is 7.52. The monoisotopic (exact) mass is 408 g/mol. The molecule has 0 aromatic heterocycles. The van der Waals surface area contributed by atoms with Crippen LogP contribution in [0.1, 0.15) is 26.8 Å². The van der Waals surface area contributed by atoms with Gasteiger partial charge in [-0.15, -0.1) is 0 Å². The molecular formula is C22H27N2Y+. The van der Waals surface area contributed by atoms with Crippen LogP contribution in [0.4, 0.5) is 5.69 Å². The minimum absolute atomic E-state index is 0. The number of nitrogens with two attached hydrogens (primary N) is 1. The molecule has 0 saturated heterocycles. The van der Waals surface area contributed by atoms with Gasteiger partial charge in [-0.2, -0.15) is 4.58 Å². The van der Waals surface area contributed by atoms with Gasteiger partial charge < -0.3 is 5.73 Å². The SMILES string of the molecule is C.C.C[N+]1=C(C=CC2=CC=C(N)C2)Cc2c1ccc1ccccc21.[Y].